The third-order valence-electron chi connectivity index (χ3n) is 12.7. The highest BCUT2D eigenvalue weighted by Gasteiger charge is 2.33. The van der Waals surface area contributed by atoms with Crippen molar-refractivity contribution in [3.63, 3.8) is 0 Å². The molecule has 10 rings (SSSR count). The second-order valence-corrected chi connectivity index (χ2v) is 18.7. The number of thioether (sulfide) groups is 1. The van der Waals surface area contributed by atoms with Gasteiger partial charge in [0.25, 0.3) is 0 Å². The quantitative estimate of drug-likeness (QED) is 0.109. The van der Waals surface area contributed by atoms with Crippen molar-refractivity contribution >= 4 is 80.3 Å². The Hall–Kier alpha value is -5.49. The van der Waals surface area contributed by atoms with Crippen LogP contribution in [-0.4, -0.2) is 13.5 Å². The molecule has 1 aliphatic heterocycles. The zero-order valence-electron chi connectivity index (χ0n) is 35.2. The average Bonchev–Trinajstić information content (AvgIpc) is 3.66. The summed E-state index contributed by atoms with van der Waals surface area (Å²) in [6.07, 6.45) is 17.2. The average molecular weight is 815 g/mol. The number of nitrogens with one attached hydrogen (secondary N) is 1. The molecule has 0 saturated heterocycles. The lowest BCUT2D eigenvalue weighted by atomic mass is 9.55. The van der Waals surface area contributed by atoms with E-state index in [1.807, 2.05) is 23.1 Å². The molecule has 1 aromatic heterocycles. The molecular formula is C55H51BN2S2. The van der Waals surface area contributed by atoms with E-state index >= 15 is 0 Å². The second-order valence-electron chi connectivity index (χ2n) is 16.7. The standard InChI is InChI=1S/C55H51BN2S2/c1-5-6-14-37-22-27-49(57-48-26-21-35(2)29-36(48)3)44(30-37)46-31-40(38-15-8-7-9-16-38)33-51-55(46)56-47-25-23-39(42-17-10-12-19-52(42)59-4)32-50(47)58(51)41-24-28-54-45(34-41)43-18-11-13-20-53(43)60-54/h7-12,15-19,21-22,24,26-34,56-57H,5-6,13-14,20,23,25H2,1-4H3. The maximum Gasteiger partial charge on any atom is 0.193 e. The van der Waals surface area contributed by atoms with E-state index in [4.69, 9.17) is 0 Å². The van der Waals surface area contributed by atoms with Gasteiger partial charge >= 0.3 is 0 Å². The molecule has 1 N–H and O–H groups in total. The van der Waals surface area contributed by atoms with Gasteiger partial charge in [0.05, 0.1) is 0 Å². The Kier molecular flexibility index (Phi) is 10.7. The Bertz CT molecular complexity index is 2880. The molecule has 0 amide bonds. The number of rotatable bonds is 10. The number of fused-ring (bicyclic) bond motifs is 4. The smallest absolute Gasteiger partial charge is 0.193 e. The molecule has 0 spiro atoms. The first kappa shape index (κ1) is 38.7. The fraction of sp³-hybridized carbons (Fsp3) is 0.200. The van der Waals surface area contributed by atoms with E-state index in [0.29, 0.717) is 0 Å². The van der Waals surface area contributed by atoms with Crippen LogP contribution in [0.25, 0.3) is 44.0 Å². The zero-order valence-corrected chi connectivity index (χ0v) is 36.8. The van der Waals surface area contributed by atoms with E-state index in [9.17, 15) is 0 Å². The van der Waals surface area contributed by atoms with Crippen molar-refractivity contribution in [1.29, 1.82) is 0 Å². The molecule has 7 aromatic rings. The molecule has 2 nitrogen and oxygen atoms in total. The third-order valence-corrected chi connectivity index (χ3v) is 14.8. The van der Waals surface area contributed by atoms with Crippen LogP contribution in [0.1, 0.15) is 71.7 Å². The van der Waals surface area contributed by atoms with E-state index in [1.54, 1.807) is 0 Å². The summed E-state index contributed by atoms with van der Waals surface area (Å²) in [7, 11) is 0.917. The molecular weight excluding hydrogens is 764 g/mol. The van der Waals surface area contributed by atoms with E-state index in [0.717, 1.165) is 50.8 Å². The summed E-state index contributed by atoms with van der Waals surface area (Å²) in [6, 6.07) is 46.1. The first-order valence-corrected chi connectivity index (χ1v) is 23.8. The number of unbranched alkanes of at least 4 members (excludes halogenated alkanes) is 1. The van der Waals surface area contributed by atoms with Crippen molar-refractivity contribution in [2.75, 3.05) is 16.5 Å². The minimum atomic E-state index is 0.917. The van der Waals surface area contributed by atoms with Gasteiger partial charge in [-0.05, 0) is 169 Å². The van der Waals surface area contributed by atoms with Crippen LogP contribution in [0, 0.1) is 13.8 Å². The summed E-state index contributed by atoms with van der Waals surface area (Å²) in [6.45, 7) is 6.68. The molecule has 0 atom stereocenters. The summed E-state index contributed by atoms with van der Waals surface area (Å²) < 4.78 is 1.38. The molecule has 0 radical (unpaired) electrons. The van der Waals surface area contributed by atoms with E-state index < -0.39 is 0 Å². The van der Waals surface area contributed by atoms with Crippen LogP contribution in [0.3, 0.4) is 0 Å². The second kappa shape index (κ2) is 16.5. The first-order chi connectivity index (χ1) is 29.4. The minimum absolute atomic E-state index is 0.917. The van der Waals surface area contributed by atoms with Gasteiger partial charge in [0.2, 0.25) is 0 Å². The number of hydrogen-bond donors (Lipinski definition) is 1. The van der Waals surface area contributed by atoms with Crippen molar-refractivity contribution in [1.82, 2.24) is 0 Å². The van der Waals surface area contributed by atoms with E-state index in [1.165, 1.54) is 116 Å². The van der Waals surface area contributed by atoms with Gasteiger partial charge in [-0.2, -0.15) is 0 Å². The topological polar surface area (TPSA) is 15.3 Å². The van der Waals surface area contributed by atoms with Gasteiger partial charge in [-0.3, -0.25) is 0 Å². The van der Waals surface area contributed by atoms with Gasteiger partial charge in [-0.15, -0.1) is 23.1 Å². The predicted octanol–water partition coefficient (Wildman–Crippen LogP) is 14.9. The van der Waals surface area contributed by atoms with Gasteiger partial charge in [0.15, 0.2) is 7.28 Å². The summed E-state index contributed by atoms with van der Waals surface area (Å²) in [5.41, 5.74) is 22.2. The van der Waals surface area contributed by atoms with Crippen molar-refractivity contribution in [3.05, 3.63) is 177 Å². The third kappa shape index (κ3) is 7.26. The fourth-order valence-electron chi connectivity index (χ4n) is 9.61. The number of anilines is 4. The molecule has 5 heteroatoms. The van der Waals surface area contributed by atoms with Crippen LogP contribution < -0.4 is 15.7 Å². The van der Waals surface area contributed by atoms with Gasteiger partial charge in [-0.1, -0.05) is 103 Å². The van der Waals surface area contributed by atoms with E-state index in [2.05, 4.69) is 177 Å². The van der Waals surface area contributed by atoms with Gasteiger partial charge < -0.3 is 10.2 Å². The van der Waals surface area contributed by atoms with Crippen LogP contribution in [0.5, 0.6) is 0 Å². The molecule has 2 aliphatic carbocycles. The zero-order chi connectivity index (χ0) is 40.7. The Morgan fingerprint density at radius 3 is 2.47 bits per heavy atom. The number of thiophene rings is 1. The maximum atomic E-state index is 3.95. The van der Waals surface area contributed by atoms with Crippen LogP contribution in [-0.2, 0) is 12.8 Å². The maximum absolute atomic E-state index is 3.95. The highest BCUT2D eigenvalue weighted by molar-refractivity contribution is 7.98. The number of hydrogen-bond acceptors (Lipinski definition) is 4. The van der Waals surface area contributed by atoms with Gasteiger partial charge in [0.1, 0.15) is 0 Å². The lowest BCUT2D eigenvalue weighted by Crippen LogP contribution is -2.36. The Balaban J connectivity index is 1.24. The monoisotopic (exact) mass is 814 g/mol. The largest absolute Gasteiger partial charge is 0.355 e. The normalized spacial score (nSPS) is 14.4. The summed E-state index contributed by atoms with van der Waals surface area (Å²) in [5, 5.41) is 5.32. The molecule has 3 aliphatic rings. The highest BCUT2D eigenvalue weighted by Crippen LogP contribution is 2.47. The van der Waals surface area contributed by atoms with E-state index in [-0.39, 0.29) is 0 Å². The van der Waals surface area contributed by atoms with Gasteiger partial charge in [-0.25, -0.2) is 0 Å². The molecule has 0 saturated carbocycles. The van der Waals surface area contributed by atoms with Crippen LogP contribution in [0.4, 0.5) is 22.7 Å². The Morgan fingerprint density at radius 1 is 0.767 bits per heavy atom. The van der Waals surface area contributed by atoms with Crippen LogP contribution in [0.2, 0.25) is 0 Å². The number of nitrogens with zero attached hydrogens (tertiary/aromatic N) is 1. The SMILES string of the molecule is CCCCc1ccc(Nc2ccc(C)cc2C)c(-c2cc(-c3ccccc3)cc3c2BC2=C(C=C(c4ccccc4SC)CC2)N3c2ccc3sc4c(c3c2)C=CCC4)c1. The predicted molar refractivity (Wildman–Crippen MR) is 266 cm³/mol. The minimum Gasteiger partial charge on any atom is -0.355 e. The molecule has 0 fully saturated rings. The number of allylic oxidation sites excluding steroid dienone is 4. The molecule has 6 aromatic carbocycles. The molecule has 0 bridgehead atoms. The summed E-state index contributed by atoms with van der Waals surface area (Å²) in [5.74, 6) is 0. The van der Waals surface area contributed by atoms with Crippen molar-refractivity contribution in [3.8, 4) is 22.3 Å². The molecule has 2 heterocycles. The Morgan fingerprint density at radius 2 is 1.62 bits per heavy atom. The number of aryl methyl sites for hydroxylation is 4. The van der Waals surface area contributed by atoms with Crippen molar-refractivity contribution in [2.45, 2.75) is 70.6 Å². The fourth-order valence-corrected chi connectivity index (χ4v) is 11.4. The lowest BCUT2D eigenvalue weighted by Gasteiger charge is -2.38. The van der Waals surface area contributed by atoms with Crippen LogP contribution >= 0.6 is 23.1 Å². The molecule has 296 valence electrons. The summed E-state index contributed by atoms with van der Waals surface area (Å²) >= 11 is 3.82. The molecule has 0 unspecified atom stereocenters. The Labute approximate surface area is 365 Å². The van der Waals surface area contributed by atoms with Crippen molar-refractivity contribution in [2.24, 2.45) is 0 Å². The van der Waals surface area contributed by atoms with Crippen LogP contribution in [0.15, 0.2) is 150 Å². The van der Waals surface area contributed by atoms with Gasteiger partial charge in [0, 0.05) is 53.9 Å². The first-order valence-electron chi connectivity index (χ1n) is 21.7. The number of benzene rings is 6. The summed E-state index contributed by atoms with van der Waals surface area (Å²) in [4.78, 5) is 5.49. The molecule has 60 heavy (non-hydrogen) atoms. The lowest BCUT2D eigenvalue weighted by molar-refractivity contribution is 0.795. The van der Waals surface area contributed by atoms with Crippen molar-refractivity contribution < 1.29 is 0 Å². The highest BCUT2D eigenvalue weighted by atomic mass is 32.2.